The number of nitrogens with one attached hydrogen (secondary N) is 1. The highest BCUT2D eigenvalue weighted by Gasteiger charge is 2.03. The number of aromatic nitrogens is 3. The molecule has 0 fully saturated rings. The number of benzene rings is 1. The Morgan fingerprint density at radius 2 is 2.29 bits per heavy atom. The number of hydrogen-bond donors (Lipinski definition) is 1. The summed E-state index contributed by atoms with van der Waals surface area (Å²) in [6.07, 6.45) is 1.54. The van der Waals surface area contributed by atoms with Crippen LogP contribution in [-0.2, 0) is 13.6 Å². The van der Waals surface area contributed by atoms with Crippen molar-refractivity contribution in [3.05, 3.63) is 34.8 Å². The maximum Gasteiger partial charge on any atom is 0.145 e. The van der Waals surface area contributed by atoms with Gasteiger partial charge in [-0.2, -0.15) is 5.10 Å². The van der Waals surface area contributed by atoms with Crippen LogP contribution in [0.4, 0.5) is 5.69 Å². The summed E-state index contributed by atoms with van der Waals surface area (Å²) >= 11 is 3.44. The third-order valence-electron chi connectivity index (χ3n) is 2.41. The van der Waals surface area contributed by atoms with Gasteiger partial charge in [0.15, 0.2) is 0 Å². The second-order valence-corrected chi connectivity index (χ2v) is 4.36. The highest BCUT2D eigenvalue weighted by Crippen LogP contribution is 2.27. The van der Waals surface area contributed by atoms with Crippen LogP contribution in [0.2, 0.25) is 0 Å². The summed E-state index contributed by atoms with van der Waals surface area (Å²) in [7, 11) is 3.51. The van der Waals surface area contributed by atoms with Crippen LogP contribution in [-0.4, -0.2) is 21.9 Å². The summed E-state index contributed by atoms with van der Waals surface area (Å²) in [5.41, 5.74) is 1.00. The topological polar surface area (TPSA) is 52.0 Å². The van der Waals surface area contributed by atoms with Gasteiger partial charge in [0.2, 0.25) is 0 Å². The molecule has 1 N–H and O–H groups in total. The molecule has 6 heteroatoms. The van der Waals surface area contributed by atoms with E-state index in [-0.39, 0.29) is 0 Å². The minimum Gasteiger partial charge on any atom is -0.496 e. The van der Waals surface area contributed by atoms with E-state index in [9.17, 15) is 0 Å². The number of aryl methyl sites for hydroxylation is 1. The highest BCUT2D eigenvalue weighted by atomic mass is 79.9. The van der Waals surface area contributed by atoms with E-state index in [0.29, 0.717) is 6.54 Å². The van der Waals surface area contributed by atoms with Crippen LogP contribution in [0, 0.1) is 0 Å². The zero-order chi connectivity index (χ0) is 12.3. The van der Waals surface area contributed by atoms with Crippen molar-refractivity contribution >= 4 is 21.6 Å². The molecule has 0 saturated carbocycles. The molecule has 0 spiro atoms. The van der Waals surface area contributed by atoms with Gasteiger partial charge in [0.1, 0.15) is 17.9 Å². The predicted molar refractivity (Wildman–Crippen MR) is 69.0 cm³/mol. The molecular formula is C11H13BrN4O. The summed E-state index contributed by atoms with van der Waals surface area (Å²) in [4.78, 5) is 4.14. The van der Waals surface area contributed by atoms with E-state index in [0.717, 1.165) is 21.7 Å². The fraction of sp³-hybridized carbons (Fsp3) is 0.273. The van der Waals surface area contributed by atoms with Crippen LogP contribution in [0.15, 0.2) is 29.0 Å². The third-order valence-corrected chi connectivity index (χ3v) is 3.03. The van der Waals surface area contributed by atoms with Crippen LogP contribution in [0.3, 0.4) is 0 Å². The molecule has 0 aliphatic rings. The molecule has 2 rings (SSSR count). The molecule has 2 aromatic rings. The second-order valence-electron chi connectivity index (χ2n) is 3.50. The quantitative estimate of drug-likeness (QED) is 0.940. The zero-order valence-electron chi connectivity index (χ0n) is 9.64. The average molecular weight is 297 g/mol. The lowest BCUT2D eigenvalue weighted by atomic mass is 10.3. The van der Waals surface area contributed by atoms with Gasteiger partial charge in [0.05, 0.1) is 18.1 Å². The average Bonchev–Trinajstić information content (AvgIpc) is 2.72. The van der Waals surface area contributed by atoms with Crippen molar-refractivity contribution in [1.82, 2.24) is 14.8 Å². The number of ether oxygens (including phenoxy) is 1. The normalized spacial score (nSPS) is 10.3. The van der Waals surface area contributed by atoms with Gasteiger partial charge in [-0.05, 0) is 34.1 Å². The first-order chi connectivity index (χ1) is 8.20. The van der Waals surface area contributed by atoms with Crippen LogP contribution >= 0.6 is 15.9 Å². The van der Waals surface area contributed by atoms with Gasteiger partial charge in [-0.25, -0.2) is 4.98 Å². The van der Waals surface area contributed by atoms with Crippen molar-refractivity contribution < 1.29 is 4.74 Å². The third kappa shape index (κ3) is 2.76. The number of methoxy groups -OCH3 is 1. The molecule has 1 aromatic carbocycles. The molecule has 90 valence electrons. The lowest BCUT2D eigenvalue weighted by Gasteiger charge is -2.08. The summed E-state index contributed by atoms with van der Waals surface area (Å²) in [6.45, 7) is 0.634. The Balaban J connectivity index is 2.05. The first kappa shape index (κ1) is 11.9. The zero-order valence-corrected chi connectivity index (χ0v) is 11.2. The van der Waals surface area contributed by atoms with Crippen molar-refractivity contribution in [3.63, 3.8) is 0 Å². The molecule has 1 heterocycles. The molecule has 0 radical (unpaired) electrons. The molecule has 0 saturated heterocycles. The summed E-state index contributed by atoms with van der Waals surface area (Å²) in [5, 5.41) is 7.28. The lowest BCUT2D eigenvalue weighted by Crippen LogP contribution is -2.06. The van der Waals surface area contributed by atoms with Crippen LogP contribution in [0.5, 0.6) is 5.75 Å². The molecule has 5 nitrogen and oxygen atoms in total. The number of rotatable bonds is 4. The van der Waals surface area contributed by atoms with Gasteiger partial charge in [-0.15, -0.1) is 0 Å². The second kappa shape index (κ2) is 5.18. The number of nitrogens with zero attached hydrogens (tertiary/aromatic N) is 3. The van der Waals surface area contributed by atoms with Gasteiger partial charge in [-0.1, -0.05) is 0 Å². The Labute approximate surface area is 108 Å². The molecule has 0 aliphatic heterocycles. The summed E-state index contributed by atoms with van der Waals surface area (Å²) in [6, 6.07) is 5.83. The Morgan fingerprint density at radius 3 is 2.88 bits per heavy atom. The highest BCUT2D eigenvalue weighted by molar-refractivity contribution is 9.10. The molecule has 0 amide bonds. The minimum atomic E-state index is 0.634. The first-order valence-electron chi connectivity index (χ1n) is 5.11. The van der Waals surface area contributed by atoms with Crippen molar-refractivity contribution in [2.75, 3.05) is 12.4 Å². The van der Waals surface area contributed by atoms with Crippen molar-refractivity contribution in [2.24, 2.45) is 7.05 Å². The molecular weight excluding hydrogens is 284 g/mol. The largest absolute Gasteiger partial charge is 0.496 e. The fourth-order valence-electron chi connectivity index (χ4n) is 1.44. The van der Waals surface area contributed by atoms with E-state index in [2.05, 4.69) is 31.3 Å². The first-order valence-corrected chi connectivity index (χ1v) is 5.90. The summed E-state index contributed by atoms with van der Waals surface area (Å²) in [5.74, 6) is 1.70. The molecule has 17 heavy (non-hydrogen) atoms. The predicted octanol–water partition coefficient (Wildman–Crippen LogP) is 2.20. The number of hydrogen-bond acceptors (Lipinski definition) is 4. The Hall–Kier alpha value is -1.56. The van der Waals surface area contributed by atoms with Gasteiger partial charge in [0, 0.05) is 12.7 Å². The fourth-order valence-corrected chi connectivity index (χ4v) is 1.98. The van der Waals surface area contributed by atoms with Crippen LogP contribution in [0.1, 0.15) is 5.82 Å². The Bertz CT molecular complexity index is 512. The number of anilines is 1. The van der Waals surface area contributed by atoms with E-state index < -0.39 is 0 Å². The molecule has 0 bridgehead atoms. The number of halogens is 1. The van der Waals surface area contributed by atoms with Crippen molar-refractivity contribution in [1.29, 1.82) is 0 Å². The molecule has 0 unspecified atom stereocenters. The Morgan fingerprint density at radius 1 is 1.47 bits per heavy atom. The SMILES string of the molecule is COc1ccc(NCc2ncnn2C)cc1Br. The van der Waals surface area contributed by atoms with E-state index >= 15 is 0 Å². The Kier molecular flexibility index (Phi) is 3.63. The maximum absolute atomic E-state index is 5.17. The van der Waals surface area contributed by atoms with E-state index in [4.69, 9.17) is 4.74 Å². The van der Waals surface area contributed by atoms with Gasteiger partial charge >= 0.3 is 0 Å². The smallest absolute Gasteiger partial charge is 0.145 e. The van der Waals surface area contributed by atoms with Gasteiger partial charge < -0.3 is 10.1 Å². The maximum atomic E-state index is 5.17. The van der Waals surface area contributed by atoms with Gasteiger partial charge in [0.25, 0.3) is 0 Å². The molecule has 0 aliphatic carbocycles. The van der Waals surface area contributed by atoms with Crippen molar-refractivity contribution in [3.8, 4) is 5.75 Å². The monoisotopic (exact) mass is 296 g/mol. The van der Waals surface area contributed by atoms with E-state index in [1.54, 1.807) is 18.1 Å². The van der Waals surface area contributed by atoms with Gasteiger partial charge in [-0.3, -0.25) is 4.68 Å². The standard InChI is InChI=1S/C11H13BrN4O/c1-16-11(14-7-15-16)6-13-8-3-4-10(17-2)9(12)5-8/h3-5,7,13H,6H2,1-2H3. The van der Waals surface area contributed by atoms with Crippen LogP contribution < -0.4 is 10.1 Å². The molecule has 0 atom stereocenters. The van der Waals surface area contributed by atoms with Crippen LogP contribution in [0.25, 0.3) is 0 Å². The van der Waals surface area contributed by atoms with E-state index in [1.165, 1.54) is 0 Å². The molecule has 1 aromatic heterocycles. The van der Waals surface area contributed by atoms with E-state index in [1.807, 2.05) is 25.2 Å². The minimum absolute atomic E-state index is 0.634. The lowest BCUT2D eigenvalue weighted by molar-refractivity contribution is 0.412. The summed E-state index contributed by atoms with van der Waals surface area (Å²) < 4.78 is 7.83. The van der Waals surface area contributed by atoms with Crippen molar-refractivity contribution in [2.45, 2.75) is 6.54 Å².